The minimum atomic E-state index is -0.889. The first-order valence-electron chi connectivity index (χ1n) is 11.0. The molecule has 0 aliphatic carbocycles. The Bertz CT molecular complexity index is 1090. The van der Waals surface area contributed by atoms with E-state index in [9.17, 15) is 14.4 Å². The molecule has 0 spiro atoms. The van der Waals surface area contributed by atoms with E-state index < -0.39 is 11.6 Å². The molecule has 1 atom stereocenters. The third-order valence-corrected chi connectivity index (χ3v) is 5.61. The highest BCUT2D eigenvalue weighted by Gasteiger charge is 2.33. The zero-order valence-electron chi connectivity index (χ0n) is 19.8. The van der Waals surface area contributed by atoms with Crippen molar-refractivity contribution >= 4 is 34.2 Å². The first-order chi connectivity index (χ1) is 16.1. The van der Waals surface area contributed by atoms with Crippen LogP contribution in [0.1, 0.15) is 56.5 Å². The summed E-state index contributed by atoms with van der Waals surface area (Å²) in [6.07, 6.45) is 3.02. The van der Waals surface area contributed by atoms with Gasteiger partial charge in [-0.25, -0.2) is 4.98 Å². The van der Waals surface area contributed by atoms with E-state index in [1.54, 1.807) is 23.7 Å². The Morgan fingerprint density at radius 3 is 2.44 bits per heavy atom. The van der Waals surface area contributed by atoms with Gasteiger partial charge in [0.05, 0.1) is 12.8 Å². The van der Waals surface area contributed by atoms with Crippen LogP contribution < -0.4 is 10.6 Å². The molecule has 0 saturated carbocycles. The maximum atomic E-state index is 13.4. The molecule has 2 heterocycles. The second-order valence-corrected chi connectivity index (χ2v) is 9.93. The molecule has 8 nitrogen and oxygen atoms in total. The number of rotatable bonds is 9. The molecule has 0 bridgehead atoms. The van der Waals surface area contributed by atoms with Gasteiger partial charge < -0.3 is 20.0 Å². The highest BCUT2D eigenvalue weighted by atomic mass is 32.1. The average Bonchev–Trinajstić information content (AvgIpc) is 3.46. The van der Waals surface area contributed by atoms with E-state index in [0.29, 0.717) is 16.5 Å². The number of aryl methyl sites for hydroxylation is 1. The van der Waals surface area contributed by atoms with Gasteiger partial charge in [-0.1, -0.05) is 29.8 Å². The Morgan fingerprint density at radius 1 is 1.12 bits per heavy atom. The van der Waals surface area contributed by atoms with Gasteiger partial charge in [0.25, 0.3) is 0 Å². The number of furan rings is 1. The van der Waals surface area contributed by atoms with Crippen molar-refractivity contribution in [2.24, 2.45) is 0 Å². The third-order valence-electron chi connectivity index (χ3n) is 4.92. The van der Waals surface area contributed by atoms with Crippen molar-refractivity contribution < 1.29 is 18.8 Å². The predicted octanol–water partition coefficient (Wildman–Crippen LogP) is 4.45. The monoisotopic (exact) mass is 482 g/mol. The van der Waals surface area contributed by atoms with E-state index in [4.69, 9.17) is 4.42 Å². The molecule has 0 radical (unpaired) electrons. The molecular formula is C25H30N4O4S. The molecule has 34 heavy (non-hydrogen) atoms. The fourth-order valence-corrected chi connectivity index (χ4v) is 3.93. The Hall–Kier alpha value is -3.46. The van der Waals surface area contributed by atoms with E-state index in [-0.39, 0.29) is 37.1 Å². The number of carbonyl (C=O) groups excluding carboxylic acids is 3. The molecule has 3 amide bonds. The van der Waals surface area contributed by atoms with Crippen LogP contribution in [0.5, 0.6) is 0 Å². The summed E-state index contributed by atoms with van der Waals surface area (Å²) >= 11 is 1.30. The molecular weight excluding hydrogens is 452 g/mol. The van der Waals surface area contributed by atoms with Crippen molar-refractivity contribution in [2.75, 3.05) is 5.32 Å². The summed E-state index contributed by atoms with van der Waals surface area (Å²) in [7, 11) is 0. The Balaban J connectivity index is 1.87. The van der Waals surface area contributed by atoms with E-state index in [0.717, 1.165) is 5.56 Å². The minimum absolute atomic E-state index is 0.0332. The summed E-state index contributed by atoms with van der Waals surface area (Å²) in [5.74, 6) is -0.405. The molecule has 0 saturated heterocycles. The van der Waals surface area contributed by atoms with Crippen molar-refractivity contribution in [1.82, 2.24) is 15.2 Å². The minimum Gasteiger partial charge on any atom is -0.467 e. The number of anilines is 1. The number of hydrogen-bond acceptors (Lipinski definition) is 6. The molecule has 0 aliphatic rings. The van der Waals surface area contributed by atoms with Crippen LogP contribution >= 0.6 is 11.3 Å². The number of amides is 3. The molecule has 2 N–H and O–H groups in total. The van der Waals surface area contributed by atoms with Crippen LogP contribution in [0.3, 0.4) is 0 Å². The first-order valence-corrected chi connectivity index (χ1v) is 11.9. The van der Waals surface area contributed by atoms with Gasteiger partial charge in [0, 0.05) is 30.0 Å². The number of nitrogens with one attached hydrogen (secondary N) is 2. The van der Waals surface area contributed by atoms with Crippen LogP contribution in [0.15, 0.2) is 58.7 Å². The van der Waals surface area contributed by atoms with Gasteiger partial charge in [0.15, 0.2) is 5.13 Å². The van der Waals surface area contributed by atoms with Crippen LogP contribution in [0.2, 0.25) is 0 Å². The van der Waals surface area contributed by atoms with Crippen molar-refractivity contribution in [3.63, 3.8) is 0 Å². The summed E-state index contributed by atoms with van der Waals surface area (Å²) < 4.78 is 5.48. The Morgan fingerprint density at radius 2 is 1.85 bits per heavy atom. The lowest BCUT2D eigenvalue weighted by Crippen LogP contribution is -2.49. The van der Waals surface area contributed by atoms with Crippen LogP contribution in [0.25, 0.3) is 0 Å². The second kappa shape index (κ2) is 11.1. The summed E-state index contributed by atoms with van der Waals surface area (Å²) in [5.41, 5.74) is 1.23. The molecule has 0 unspecified atom stereocenters. The van der Waals surface area contributed by atoms with E-state index >= 15 is 0 Å². The first kappa shape index (κ1) is 25.2. The SMILES string of the molecule is Cc1ccc([C@@H](C(=O)NC(C)(C)C)N(Cc2ccco2)C(=O)CCC(=O)Nc2nccs2)cc1. The maximum absolute atomic E-state index is 13.4. The van der Waals surface area contributed by atoms with Crippen molar-refractivity contribution in [3.8, 4) is 0 Å². The number of benzene rings is 1. The lowest BCUT2D eigenvalue weighted by atomic mass is 10.00. The summed E-state index contributed by atoms with van der Waals surface area (Å²) in [6.45, 7) is 7.72. The van der Waals surface area contributed by atoms with Gasteiger partial charge in [0.2, 0.25) is 17.7 Å². The number of carbonyl (C=O) groups is 3. The molecule has 1 aromatic carbocycles. The Labute approximate surface area is 203 Å². The lowest BCUT2D eigenvalue weighted by Gasteiger charge is -2.33. The number of aromatic nitrogens is 1. The molecule has 0 aliphatic heterocycles. The van der Waals surface area contributed by atoms with Gasteiger partial charge in [-0.15, -0.1) is 11.3 Å². The Kier molecular flexibility index (Phi) is 8.22. The average molecular weight is 483 g/mol. The zero-order valence-corrected chi connectivity index (χ0v) is 20.6. The van der Waals surface area contributed by atoms with Crippen LogP contribution in [0.4, 0.5) is 5.13 Å². The predicted molar refractivity (Wildman–Crippen MR) is 131 cm³/mol. The van der Waals surface area contributed by atoms with E-state index in [1.807, 2.05) is 52.0 Å². The van der Waals surface area contributed by atoms with Crippen LogP contribution in [-0.2, 0) is 20.9 Å². The van der Waals surface area contributed by atoms with E-state index in [1.165, 1.54) is 22.5 Å². The second-order valence-electron chi connectivity index (χ2n) is 9.04. The summed E-state index contributed by atoms with van der Waals surface area (Å²) in [4.78, 5) is 44.7. The van der Waals surface area contributed by atoms with Crippen molar-refractivity contribution in [2.45, 2.75) is 58.7 Å². The number of hydrogen-bond donors (Lipinski definition) is 2. The lowest BCUT2D eigenvalue weighted by molar-refractivity contribution is -0.143. The fraction of sp³-hybridized carbons (Fsp3) is 0.360. The third kappa shape index (κ3) is 7.28. The quantitative estimate of drug-likeness (QED) is 0.469. The number of nitrogens with zero attached hydrogens (tertiary/aromatic N) is 2. The topological polar surface area (TPSA) is 105 Å². The van der Waals surface area contributed by atoms with E-state index in [2.05, 4.69) is 15.6 Å². The normalized spacial score (nSPS) is 12.1. The highest BCUT2D eigenvalue weighted by molar-refractivity contribution is 7.13. The van der Waals surface area contributed by atoms with Crippen LogP contribution in [-0.4, -0.2) is 33.1 Å². The fourth-order valence-electron chi connectivity index (χ4n) is 3.38. The number of thiazole rings is 1. The smallest absolute Gasteiger partial charge is 0.247 e. The maximum Gasteiger partial charge on any atom is 0.247 e. The molecule has 0 fully saturated rings. The molecule has 3 aromatic rings. The van der Waals surface area contributed by atoms with Crippen molar-refractivity contribution in [3.05, 3.63) is 71.1 Å². The van der Waals surface area contributed by atoms with Crippen molar-refractivity contribution in [1.29, 1.82) is 0 Å². The summed E-state index contributed by atoms with van der Waals surface area (Å²) in [6, 6.07) is 10.1. The standard InChI is InChI=1S/C25H30N4O4S/c1-17-7-9-18(10-8-17)22(23(32)28-25(2,3)4)29(16-19-6-5-14-33-19)21(31)12-11-20(30)27-24-26-13-15-34-24/h5-10,13-15,22H,11-12,16H2,1-4H3,(H,28,32)(H,26,27,30)/t22-/m0/s1. The highest BCUT2D eigenvalue weighted by Crippen LogP contribution is 2.26. The van der Waals surface area contributed by atoms with Gasteiger partial charge in [-0.3, -0.25) is 14.4 Å². The van der Waals surface area contributed by atoms with Crippen LogP contribution in [0, 0.1) is 6.92 Å². The van der Waals surface area contributed by atoms with Gasteiger partial charge >= 0.3 is 0 Å². The zero-order chi connectivity index (χ0) is 24.7. The van der Waals surface area contributed by atoms with Gasteiger partial charge in [-0.2, -0.15) is 0 Å². The van der Waals surface area contributed by atoms with Gasteiger partial charge in [0.1, 0.15) is 11.8 Å². The molecule has 180 valence electrons. The largest absolute Gasteiger partial charge is 0.467 e. The molecule has 3 rings (SSSR count). The van der Waals surface area contributed by atoms with Gasteiger partial charge in [-0.05, 0) is 45.4 Å². The summed E-state index contributed by atoms with van der Waals surface area (Å²) in [5, 5.41) is 7.91. The molecule has 2 aromatic heterocycles. The molecule has 9 heteroatoms.